The van der Waals surface area contributed by atoms with Gasteiger partial charge in [0.25, 0.3) is 0 Å². The minimum atomic E-state index is -4.27. The number of halogens is 3. The van der Waals surface area contributed by atoms with Gasteiger partial charge in [0, 0.05) is 6.04 Å². The van der Waals surface area contributed by atoms with Crippen molar-refractivity contribution >= 4 is 0 Å². The average Bonchev–Trinajstić information content (AvgIpc) is 2.36. The molecule has 0 heterocycles. The Morgan fingerprint density at radius 2 is 1.71 bits per heavy atom. The molecule has 0 aliphatic rings. The van der Waals surface area contributed by atoms with Gasteiger partial charge in [-0.2, -0.15) is 13.2 Å². The number of hydrogen-bond acceptors (Lipinski definition) is 1. The van der Waals surface area contributed by atoms with Crippen LogP contribution in [0.15, 0.2) is 24.3 Å². The number of nitrogens with one attached hydrogen (secondary N) is 1. The molecule has 21 heavy (non-hydrogen) atoms. The molecule has 1 atom stereocenters. The number of rotatable bonds is 6. The Morgan fingerprint density at radius 3 is 2.24 bits per heavy atom. The highest BCUT2D eigenvalue weighted by Crippen LogP contribution is 2.33. The van der Waals surface area contributed by atoms with Crippen LogP contribution in [0.4, 0.5) is 13.2 Å². The van der Waals surface area contributed by atoms with Gasteiger partial charge in [-0.05, 0) is 42.9 Å². The van der Waals surface area contributed by atoms with Gasteiger partial charge in [-0.15, -0.1) is 0 Å². The van der Waals surface area contributed by atoms with Crippen LogP contribution in [-0.4, -0.2) is 12.6 Å². The molecule has 1 aromatic rings. The zero-order valence-electron chi connectivity index (χ0n) is 13.3. The second kappa shape index (κ2) is 7.30. The second-order valence-electron chi connectivity index (χ2n) is 6.57. The van der Waals surface area contributed by atoms with Crippen molar-refractivity contribution in [3.05, 3.63) is 35.4 Å². The fourth-order valence-corrected chi connectivity index (χ4v) is 2.47. The molecule has 0 fully saturated rings. The van der Waals surface area contributed by atoms with E-state index in [9.17, 15) is 13.2 Å². The summed E-state index contributed by atoms with van der Waals surface area (Å²) < 4.78 is 39.0. The third-order valence-electron chi connectivity index (χ3n) is 3.71. The van der Waals surface area contributed by atoms with Gasteiger partial charge in [0.2, 0.25) is 0 Å². The predicted octanol–water partition coefficient (Wildman–Crippen LogP) is 5.05. The molecule has 1 nitrogen and oxygen atoms in total. The summed E-state index contributed by atoms with van der Waals surface area (Å²) in [6.07, 6.45) is -2.11. The van der Waals surface area contributed by atoms with Crippen LogP contribution >= 0.6 is 0 Å². The van der Waals surface area contributed by atoms with Gasteiger partial charge in [0.15, 0.2) is 0 Å². The zero-order valence-corrected chi connectivity index (χ0v) is 13.3. The van der Waals surface area contributed by atoms with Crippen molar-refractivity contribution in [2.75, 3.05) is 6.54 Å². The Hall–Kier alpha value is -1.03. The summed E-state index contributed by atoms with van der Waals surface area (Å²) in [6, 6.07) is 6.08. The standard InChI is InChI=1S/C17H26F3N/c1-5-12-21-15(16(2,3)4)11-10-13-8-6-7-9-14(13)17(18,19)20/h6-9,15,21H,5,10-12H2,1-4H3. The quantitative estimate of drug-likeness (QED) is 0.775. The first-order valence-electron chi connectivity index (χ1n) is 7.54. The molecular weight excluding hydrogens is 275 g/mol. The summed E-state index contributed by atoms with van der Waals surface area (Å²) in [5.41, 5.74) is -0.0896. The molecule has 0 amide bonds. The van der Waals surface area contributed by atoms with Crippen LogP contribution in [0.2, 0.25) is 0 Å². The van der Waals surface area contributed by atoms with E-state index in [1.807, 2.05) is 0 Å². The maximum absolute atomic E-state index is 13.0. The largest absolute Gasteiger partial charge is 0.416 e. The molecule has 0 saturated carbocycles. The summed E-state index contributed by atoms with van der Waals surface area (Å²) in [7, 11) is 0. The maximum atomic E-state index is 13.0. The van der Waals surface area contributed by atoms with Gasteiger partial charge in [0.05, 0.1) is 5.56 Å². The topological polar surface area (TPSA) is 12.0 Å². The fourth-order valence-electron chi connectivity index (χ4n) is 2.47. The molecule has 0 saturated heterocycles. The van der Waals surface area contributed by atoms with E-state index in [1.54, 1.807) is 12.1 Å². The molecule has 1 N–H and O–H groups in total. The lowest BCUT2D eigenvalue weighted by Crippen LogP contribution is -2.41. The lowest BCUT2D eigenvalue weighted by atomic mass is 9.83. The van der Waals surface area contributed by atoms with E-state index in [0.29, 0.717) is 18.4 Å². The maximum Gasteiger partial charge on any atom is 0.416 e. The van der Waals surface area contributed by atoms with Crippen molar-refractivity contribution in [1.29, 1.82) is 0 Å². The zero-order chi connectivity index (χ0) is 16.1. The average molecular weight is 301 g/mol. The fraction of sp³-hybridized carbons (Fsp3) is 0.647. The Bertz CT molecular complexity index is 432. The van der Waals surface area contributed by atoms with Gasteiger partial charge in [-0.25, -0.2) is 0 Å². The molecule has 1 unspecified atom stereocenters. The van der Waals surface area contributed by atoms with E-state index in [2.05, 4.69) is 33.0 Å². The molecule has 0 aliphatic carbocycles. The van der Waals surface area contributed by atoms with Crippen molar-refractivity contribution in [2.45, 2.75) is 59.2 Å². The molecule has 1 aromatic carbocycles. The van der Waals surface area contributed by atoms with Gasteiger partial charge < -0.3 is 5.32 Å². The lowest BCUT2D eigenvalue weighted by Gasteiger charge is -2.32. The van der Waals surface area contributed by atoms with Crippen molar-refractivity contribution in [3.8, 4) is 0 Å². The van der Waals surface area contributed by atoms with E-state index in [0.717, 1.165) is 13.0 Å². The number of aryl methyl sites for hydroxylation is 1. The smallest absolute Gasteiger partial charge is 0.313 e. The van der Waals surface area contributed by atoms with Crippen LogP contribution in [0, 0.1) is 5.41 Å². The summed E-state index contributed by atoms with van der Waals surface area (Å²) in [5.74, 6) is 0. The lowest BCUT2D eigenvalue weighted by molar-refractivity contribution is -0.138. The van der Waals surface area contributed by atoms with E-state index in [1.165, 1.54) is 12.1 Å². The van der Waals surface area contributed by atoms with Crippen LogP contribution in [-0.2, 0) is 12.6 Å². The number of alkyl halides is 3. The number of benzene rings is 1. The molecule has 120 valence electrons. The highest BCUT2D eigenvalue weighted by molar-refractivity contribution is 5.29. The molecule has 1 rings (SSSR count). The molecular formula is C17H26F3N. The molecule has 0 aliphatic heterocycles. The van der Waals surface area contributed by atoms with Crippen molar-refractivity contribution in [2.24, 2.45) is 5.41 Å². The van der Waals surface area contributed by atoms with E-state index in [4.69, 9.17) is 0 Å². The molecule has 0 spiro atoms. The third kappa shape index (κ3) is 5.70. The summed E-state index contributed by atoms with van der Waals surface area (Å²) in [5, 5.41) is 3.46. The summed E-state index contributed by atoms with van der Waals surface area (Å²) in [6.45, 7) is 9.34. The monoisotopic (exact) mass is 301 g/mol. The van der Waals surface area contributed by atoms with Crippen molar-refractivity contribution in [3.63, 3.8) is 0 Å². The van der Waals surface area contributed by atoms with Gasteiger partial charge in [-0.1, -0.05) is 45.9 Å². The normalized spacial score (nSPS) is 14.2. The molecule has 0 aromatic heterocycles. The molecule has 0 bridgehead atoms. The van der Waals surface area contributed by atoms with E-state index < -0.39 is 11.7 Å². The Morgan fingerprint density at radius 1 is 1.10 bits per heavy atom. The Labute approximate surface area is 125 Å². The Kier molecular flexibility index (Phi) is 6.26. The van der Waals surface area contributed by atoms with Crippen LogP contribution in [0.5, 0.6) is 0 Å². The van der Waals surface area contributed by atoms with Crippen molar-refractivity contribution < 1.29 is 13.2 Å². The van der Waals surface area contributed by atoms with Crippen molar-refractivity contribution in [1.82, 2.24) is 5.32 Å². The van der Waals surface area contributed by atoms with Gasteiger partial charge in [-0.3, -0.25) is 0 Å². The summed E-state index contributed by atoms with van der Waals surface area (Å²) in [4.78, 5) is 0. The SMILES string of the molecule is CCCNC(CCc1ccccc1C(F)(F)F)C(C)(C)C. The first-order chi connectivity index (χ1) is 9.66. The first-order valence-corrected chi connectivity index (χ1v) is 7.54. The third-order valence-corrected chi connectivity index (χ3v) is 3.71. The van der Waals surface area contributed by atoms with Crippen LogP contribution < -0.4 is 5.32 Å². The van der Waals surface area contributed by atoms with E-state index in [-0.39, 0.29) is 11.5 Å². The van der Waals surface area contributed by atoms with Crippen LogP contribution in [0.3, 0.4) is 0 Å². The van der Waals surface area contributed by atoms with Crippen LogP contribution in [0.25, 0.3) is 0 Å². The minimum Gasteiger partial charge on any atom is -0.313 e. The van der Waals surface area contributed by atoms with Gasteiger partial charge in [0.1, 0.15) is 0 Å². The Balaban J connectivity index is 2.81. The summed E-state index contributed by atoms with van der Waals surface area (Å²) >= 11 is 0. The molecule has 0 radical (unpaired) electrons. The van der Waals surface area contributed by atoms with Crippen LogP contribution in [0.1, 0.15) is 51.7 Å². The minimum absolute atomic E-state index is 0.0301. The van der Waals surface area contributed by atoms with E-state index >= 15 is 0 Å². The van der Waals surface area contributed by atoms with Gasteiger partial charge >= 0.3 is 6.18 Å². The predicted molar refractivity (Wildman–Crippen MR) is 81.3 cm³/mol. The highest BCUT2D eigenvalue weighted by atomic mass is 19.4. The highest BCUT2D eigenvalue weighted by Gasteiger charge is 2.33. The molecule has 4 heteroatoms. The second-order valence-corrected chi connectivity index (χ2v) is 6.57. The number of hydrogen-bond donors (Lipinski definition) is 1. The first kappa shape index (κ1) is 18.0.